The van der Waals surface area contributed by atoms with Crippen LogP contribution in [-0.2, 0) is 11.2 Å². The zero-order valence-electron chi connectivity index (χ0n) is 13.2. The third kappa shape index (κ3) is 3.38. The maximum Gasteiger partial charge on any atom is 0.168 e. The molecule has 1 atom stereocenters. The Bertz CT molecular complexity index is 455. The van der Waals surface area contributed by atoms with E-state index in [-0.39, 0.29) is 17.5 Å². The lowest BCUT2D eigenvalue weighted by atomic mass is 9.72. The molecule has 1 aromatic rings. The number of methoxy groups -OCH3 is 2. The van der Waals surface area contributed by atoms with Crippen LogP contribution >= 0.6 is 0 Å². The van der Waals surface area contributed by atoms with E-state index in [4.69, 9.17) is 9.47 Å². The van der Waals surface area contributed by atoms with Crippen molar-refractivity contribution in [3.8, 4) is 5.75 Å². The summed E-state index contributed by atoms with van der Waals surface area (Å²) in [6, 6.07) is 5.47. The highest BCUT2D eigenvalue weighted by Crippen LogP contribution is 2.39. The maximum absolute atomic E-state index is 14.4. The van der Waals surface area contributed by atoms with Gasteiger partial charge in [-0.25, -0.2) is 4.39 Å². The average Bonchev–Trinajstić information content (AvgIpc) is 2.45. The molecule has 3 nitrogen and oxygen atoms in total. The summed E-state index contributed by atoms with van der Waals surface area (Å²) in [5.41, 5.74) is 0.538. The van der Waals surface area contributed by atoms with Crippen LogP contribution in [0.5, 0.6) is 5.75 Å². The summed E-state index contributed by atoms with van der Waals surface area (Å²) < 4.78 is 25.2. The van der Waals surface area contributed by atoms with Crippen molar-refractivity contribution in [1.82, 2.24) is 5.32 Å². The van der Waals surface area contributed by atoms with Crippen molar-refractivity contribution in [2.24, 2.45) is 0 Å². The first-order chi connectivity index (χ1) is 10.2. The molecular formula is C17H26FNO2. The van der Waals surface area contributed by atoms with Crippen molar-refractivity contribution < 1.29 is 13.9 Å². The molecule has 1 aliphatic rings. The predicted molar refractivity (Wildman–Crippen MR) is 82.3 cm³/mol. The zero-order chi connectivity index (χ0) is 15.3. The van der Waals surface area contributed by atoms with Crippen molar-refractivity contribution in [1.29, 1.82) is 0 Å². The zero-order valence-corrected chi connectivity index (χ0v) is 13.2. The molecule has 1 N–H and O–H groups in total. The van der Waals surface area contributed by atoms with E-state index in [1.54, 1.807) is 13.2 Å². The van der Waals surface area contributed by atoms with E-state index < -0.39 is 0 Å². The number of hydrogen-bond acceptors (Lipinski definition) is 3. The van der Waals surface area contributed by atoms with Gasteiger partial charge in [0.15, 0.2) is 11.6 Å². The van der Waals surface area contributed by atoms with E-state index in [0.717, 1.165) is 25.8 Å². The lowest BCUT2D eigenvalue weighted by Crippen LogP contribution is -2.57. The first-order valence-corrected chi connectivity index (χ1v) is 7.76. The van der Waals surface area contributed by atoms with Gasteiger partial charge in [-0.05, 0) is 50.3 Å². The Kier molecular flexibility index (Phi) is 5.59. The van der Waals surface area contributed by atoms with Gasteiger partial charge in [0.05, 0.1) is 12.7 Å². The van der Waals surface area contributed by atoms with E-state index in [0.29, 0.717) is 17.7 Å². The normalized spacial score (nSPS) is 18.1. The Balaban J connectivity index is 2.18. The molecule has 0 spiro atoms. The van der Waals surface area contributed by atoms with Gasteiger partial charge in [-0.15, -0.1) is 0 Å². The van der Waals surface area contributed by atoms with Crippen LogP contribution in [0.15, 0.2) is 18.2 Å². The van der Waals surface area contributed by atoms with Crippen molar-refractivity contribution in [3.05, 3.63) is 29.6 Å². The van der Waals surface area contributed by atoms with Crippen molar-refractivity contribution in [3.63, 3.8) is 0 Å². The minimum Gasteiger partial charge on any atom is -0.494 e. The molecule has 1 saturated carbocycles. The minimum atomic E-state index is -0.256. The van der Waals surface area contributed by atoms with Crippen LogP contribution in [-0.4, -0.2) is 32.4 Å². The highest BCUT2D eigenvalue weighted by atomic mass is 19.1. The second-order valence-corrected chi connectivity index (χ2v) is 5.77. The molecule has 118 valence electrons. The molecule has 1 aromatic carbocycles. The van der Waals surface area contributed by atoms with Crippen LogP contribution in [0.4, 0.5) is 4.39 Å². The van der Waals surface area contributed by atoms with E-state index in [9.17, 15) is 4.39 Å². The monoisotopic (exact) mass is 295 g/mol. The average molecular weight is 295 g/mol. The second-order valence-electron chi connectivity index (χ2n) is 5.77. The molecule has 0 saturated heterocycles. The van der Waals surface area contributed by atoms with Gasteiger partial charge in [-0.2, -0.15) is 0 Å². The largest absolute Gasteiger partial charge is 0.494 e. The van der Waals surface area contributed by atoms with Crippen LogP contribution in [0.1, 0.15) is 38.2 Å². The summed E-state index contributed by atoms with van der Waals surface area (Å²) in [5.74, 6) is 0.0516. The molecule has 0 amide bonds. The smallest absolute Gasteiger partial charge is 0.168 e. The summed E-state index contributed by atoms with van der Waals surface area (Å²) in [6.07, 6.45) is 4.93. The van der Waals surface area contributed by atoms with Crippen molar-refractivity contribution >= 4 is 0 Å². The van der Waals surface area contributed by atoms with Crippen LogP contribution < -0.4 is 10.1 Å². The Morgan fingerprint density at radius 3 is 2.62 bits per heavy atom. The van der Waals surface area contributed by atoms with Gasteiger partial charge in [-0.3, -0.25) is 0 Å². The van der Waals surface area contributed by atoms with Crippen LogP contribution in [0.25, 0.3) is 0 Å². The van der Waals surface area contributed by atoms with Crippen LogP contribution in [0.3, 0.4) is 0 Å². The molecule has 21 heavy (non-hydrogen) atoms. The van der Waals surface area contributed by atoms with Gasteiger partial charge in [0.25, 0.3) is 0 Å². The fourth-order valence-corrected chi connectivity index (χ4v) is 3.07. The molecule has 4 heteroatoms. The topological polar surface area (TPSA) is 30.5 Å². The third-order valence-corrected chi connectivity index (χ3v) is 4.57. The number of nitrogens with one attached hydrogen (secondary N) is 1. The number of benzene rings is 1. The Hall–Kier alpha value is -1.13. The van der Waals surface area contributed by atoms with Gasteiger partial charge in [-0.1, -0.05) is 19.1 Å². The van der Waals surface area contributed by atoms with Crippen LogP contribution in [0, 0.1) is 5.82 Å². The Morgan fingerprint density at radius 1 is 1.33 bits per heavy atom. The number of rotatable bonds is 8. The molecule has 0 aliphatic heterocycles. The van der Waals surface area contributed by atoms with Gasteiger partial charge in [0.1, 0.15) is 0 Å². The molecule has 0 radical (unpaired) electrons. The molecule has 1 unspecified atom stereocenters. The van der Waals surface area contributed by atoms with E-state index >= 15 is 0 Å². The number of ether oxygens (including phenoxy) is 2. The maximum atomic E-state index is 14.4. The van der Waals surface area contributed by atoms with E-state index in [1.807, 2.05) is 12.1 Å². The molecule has 0 heterocycles. The minimum absolute atomic E-state index is 0.137. The van der Waals surface area contributed by atoms with E-state index in [2.05, 4.69) is 12.2 Å². The molecule has 1 aliphatic carbocycles. The van der Waals surface area contributed by atoms with Crippen molar-refractivity contribution in [2.45, 2.75) is 50.7 Å². The predicted octanol–water partition coefficient (Wildman–Crippen LogP) is 3.31. The van der Waals surface area contributed by atoms with Gasteiger partial charge < -0.3 is 14.8 Å². The van der Waals surface area contributed by atoms with Gasteiger partial charge in [0.2, 0.25) is 0 Å². The third-order valence-electron chi connectivity index (χ3n) is 4.57. The lowest BCUT2D eigenvalue weighted by Gasteiger charge is -2.47. The van der Waals surface area contributed by atoms with Gasteiger partial charge in [0, 0.05) is 13.2 Å². The fraction of sp³-hybridized carbons (Fsp3) is 0.647. The van der Waals surface area contributed by atoms with Crippen molar-refractivity contribution in [2.75, 3.05) is 20.8 Å². The first kappa shape index (κ1) is 16.2. The molecule has 0 bridgehead atoms. The standard InChI is InChI=1S/C17H26FNO2/c1-4-11-19-15(17(21-3)9-6-10-17)12-13-7-5-8-14(20-2)16(13)18/h5,7-8,15,19H,4,6,9-12H2,1-3H3. The van der Waals surface area contributed by atoms with Crippen LogP contribution in [0.2, 0.25) is 0 Å². The molecular weight excluding hydrogens is 269 g/mol. The molecule has 2 rings (SSSR count). The molecule has 0 aromatic heterocycles. The summed E-state index contributed by atoms with van der Waals surface area (Å²) >= 11 is 0. The quantitative estimate of drug-likeness (QED) is 0.798. The SMILES string of the molecule is CCCNC(Cc1cccc(OC)c1F)C1(OC)CCC1. The summed E-state index contributed by atoms with van der Waals surface area (Å²) in [4.78, 5) is 0. The van der Waals surface area contributed by atoms with Gasteiger partial charge >= 0.3 is 0 Å². The summed E-state index contributed by atoms with van der Waals surface area (Å²) in [6.45, 7) is 3.05. The Morgan fingerprint density at radius 2 is 2.10 bits per heavy atom. The fourth-order valence-electron chi connectivity index (χ4n) is 3.07. The number of hydrogen-bond donors (Lipinski definition) is 1. The first-order valence-electron chi connectivity index (χ1n) is 7.76. The second kappa shape index (κ2) is 7.23. The summed E-state index contributed by atoms with van der Waals surface area (Å²) in [7, 11) is 3.26. The number of halogens is 1. The summed E-state index contributed by atoms with van der Waals surface area (Å²) in [5, 5.41) is 3.54. The highest BCUT2D eigenvalue weighted by molar-refractivity contribution is 5.32. The highest BCUT2D eigenvalue weighted by Gasteiger charge is 2.44. The lowest BCUT2D eigenvalue weighted by molar-refractivity contribution is -0.0981. The van der Waals surface area contributed by atoms with E-state index in [1.165, 1.54) is 13.5 Å². The molecule has 1 fully saturated rings. The Labute approximate surface area is 126 Å².